The van der Waals surface area contributed by atoms with Gasteiger partial charge in [-0.3, -0.25) is 4.98 Å². The van der Waals surface area contributed by atoms with Gasteiger partial charge >= 0.3 is 5.97 Å². The molecule has 1 atom stereocenters. The van der Waals surface area contributed by atoms with Gasteiger partial charge in [-0.25, -0.2) is 9.48 Å². The van der Waals surface area contributed by atoms with Crippen molar-refractivity contribution in [1.29, 1.82) is 0 Å². The van der Waals surface area contributed by atoms with Crippen LogP contribution in [-0.4, -0.2) is 32.3 Å². The highest BCUT2D eigenvalue weighted by Gasteiger charge is 2.34. The molecule has 0 radical (unpaired) electrons. The number of esters is 1. The molecule has 3 heterocycles. The van der Waals surface area contributed by atoms with Crippen LogP contribution in [0, 0.1) is 0 Å². The van der Waals surface area contributed by atoms with E-state index in [0.717, 1.165) is 24.1 Å². The minimum absolute atomic E-state index is 0.309. The number of ether oxygens (including phenoxy) is 1. The molecule has 1 aliphatic heterocycles. The van der Waals surface area contributed by atoms with Crippen molar-refractivity contribution >= 4 is 11.9 Å². The Hall–Kier alpha value is -2.70. The van der Waals surface area contributed by atoms with Crippen LogP contribution in [0.5, 0.6) is 0 Å². The van der Waals surface area contributed by atoms with Gasteiger partial charge in [-0.15, -0.1) is 0 Å². The maximum Gasteiger partial charge on any atom is 0.338 e. The Balaban J connectivity index is 1.69. The number of nitrogens with one attached hydrogen (secondary N) is 1. The summed E-state index contributed by atoms with van der Waals surface area (Å²) in [5.74, 6) is 0.304. The molecule has 1 aliphatic rings. The van der Waals surface area contributed by atoms with Crippen LogP contribution < -0.4 is 5.32 Å². The van der Waals surface area contributed by atoms with Gasteiger partial charge in [0, 0.05) is 18.1 Å². The molecule has 0 saturated heterocycles. The highest BCUT2D eigenvalue weighted by Crippen LogP contribution is 2.34. The van der Waals surface area contributed by atoms with E-state index in [4.69, 9.17) is 4.74 Å². The van der Waals surface area contributed by atoms with Gasteiger partial charge in [0.25, 0.3) is 0 Å². The summed E-state index contributed by atoms with van der Waals surface area (Å²) < 4.78 is 7.30. The van der Waals surface area contributed by atoms with Crippen LogP contribution in [0.4, 0.5) is 5.95 Å². The summed E-state index contributed by atoms with van der Waals surface area (Å²) in [6.45, 7) is 4.51. The minimum atomic E-state index is -0.371. The Labute approximate surface area is 159 Å². The fraction of sp³-hybridized carbons (Fsp3) is 0.500. The summed E-state index contributed by atoms with van der Waals surface area (Å²) in [6.07, 6.45) is 11.8. The Kier molecular flexibility index (Phi) is 6.57. The predicted molar refractivity (Wildman–Crippen MR) is 103 cm³/mol. The number of anilines is 1. The monoisotopic (exact) mass is 369 g/mol. The molecule has 144 valence electrons. The molecule has 0 aliphatic carbocycles. The first-order valence-corrected chi connectivity index (χ1v) is 9.66. The van der Waals surface area contributed by atoms with Crippen molar-refractivity contribution in [2.45, 2.75) is 58.4 Å². The number of fused-ring (bicyclic) bond motifs is 1. The summed E-state index contributed by atoms with van der Waals surface area (Å²) in [5, 5.41) is 7.45. The van der Waals surface area contributed by atoms with Gasteiger partial charge in [-0.05, 0) is 31.0 Å². The zero-order valence-electron chi connectivity index (χ0n) is 16.0. The Morgan fingerprint density at radius 1 is 1.19 bits per heavy atom. The van der Waals surface area contributed by atoms with E-state index in [1.54, 1.807) is 17.1 Å². The van der Waals surface area contributed by atoms with Crippen molar-refractivity contribution in [3.8, 4) is 0 Å². The summed E-state index contributed by atoms with van der Waals surface area (Å²) in [7, 11) is 0. The van der Waals surface area contributed by atoms with E-state index in [2.05, 4.69) is 27.3 Å². The number of nitrogens with zero attached hydrogens (tertiary/aromatic N) is 4. The smallest absolute Gasteiger partial charge is 0.338 e. The van der Waals surface area contributed by atoms with Gasteiger partial charge in [0.2, 0.25) is 5.95 Å². The third-order valence-corrected chi connectivity index (χ3v) is 4.77. The second kappa shape index (κ2) is 9.30. The number of rotatable bonds is 9. The third-order valence-electron chi connectivity index (χ3n) is 4.77. The lowest BCUT2D eigenvalue weighted by atomic mass is 9.96. The number of unbranched alkanes of at least 4 members (excludes halogenated alkanes) is 5. The molecule has 1 N–H and O–H groups in total. The van der Waals surface area contributed by atoms with Crippen LogP contribution in [0.25, 0.3) is 0 Å². The maximum absolute atomic E-state index is 12.9. The minimum Gasteiger partial charge on any atom is -0.462 e. The molecular formula is C20H27N5O2. The fourth-order valence-electron chi connectivity index (χ4n) is 3.33. The normalized spacial score (nSPS) is 16.0. The number of allylic oxidation sites excluding steroid dienone is 1. The zero-order valence-corrected chi connectivity index (χ0v) is 16.0. The largest absolute Gasteiger partial charge is 0.462 e. The standard InChI is InChI=1S/C20H27N5O2/c1-3-4-5-6-7-8-13-27-19(26)17-15(2)24-20-22-14-23-25(20)18(17)16-9-11-21-12-10-16/h9-12,14,18H,3-8,13H2,1-2H3,(H,22,23,24)/t18-/m0/s1. The Morgan fingerprint density at radius 2 is 1.93 bits per heavy atom. The molecule has 2 aromatic heterocycles. The van der Waals surface area contributed by atoms with Crippen LogP contribution in [0.1, 0.15) is 64.0 Å². The molecule has 0 aromatic carbocycles. The Morgan fingerprint density at radius 3 is 2.70 bits per heavy atom. The lowest BCUT2D eigenvalue weighted by Gasteiger charge is -2.28. The molecule has 27 heavy (non-hydrogen) atoms. The molecule has 7 nitrogen and oxygen atoms in total. The van der Waals surface area contributed by atoms with E-state index < -0.39 is 0 Å². The van der Waals surface area contributed by atoms with E-state index in [-0.39, 0.29) is 12.0 Å². The van der Waals surface area contributed by atoms with E-state index >= 15 is 0 Å². The Bertz CT molecular complexity index is 785. The highest BCUT2D eigenvalue weighted by atomic mass is 16.5. The topological polar surface area (TPSA) is 81.9 Å². The van der Waals surface area contributed by atoms with E-state index in [9.17, 15) is 4.79 Å². The lowest BCUT2D eigenvalue weighted by Crippen LogP contribution is -2.29. The molecule has 0 saturated carbocycles. The quantitative estimate of drug-likeness (QED) is 0.534. The summed E-state index contributed by atoms with van der Waals surface area (Å²) in [5.41, 5.74) is 2.22. The van der Waals surface area contributed by atoms with Gasteiger partial charge in [0.1, 0.15) is 12.4 Å². The number of carbonyl (C=O) groups excluding carboxylic acids is 1. The third kappa shape index (κ3) is 4.53. The summed E-state index contributed by atoms with van der Waals surface area (Å²) >= 11 is 0. The number of aromatic nitrogens is 4. The van der Waals surface area contributed by atoms with Crippen LogP contribution >= 0.6 is 0 Å². The average Bonchev–Trinajstić information content (AvgIpc) is 3.14. The highest BCUT2D eigenvalue weighted by molar-refractivity contribution is 5.92. The summed E-state index contributed by atoms with van der Waals surface area (Å²) in [4.78, 5) is 21.2. The number of hydrogen-bond donors (Lipinski definition) is 1. The zero-order chi connectivity index (χ0) is 19.1. The van der Waals surface area contributed by atoms with Crippen LogP contribution in [0.2, 0.25) is 0 Å². The molecule has 0 unspecified atom stereocenters. The average molecular weight is 369 g/mol. The molecule has 0 bridgehead atoms. The van der Waals surface area contributed by atoms with Gasteiger partial charge in [-0.2, -0.15) is 10.1 Å². The number of hydrogen-bond acceptors (Lipinski definition) is 6. The van der Waals surface area contributed by atoms with E-state index in [1.165, 1.54) is 32.0 Å². The first-order valence-electron chi connectivity index (χ1n) is 9.66. The first-order chi connectivity index (χ1) is 13.2. The molecule has 0 fully saturated rings. The molecule has 0 amide bonds. The predicted octanol–water partition coefficient (Wildman–Crippen LogP) is 3.87. The first kappa shape index (κ1) is 19.1. The second-order valence-corrected chi connectivity index (χ2v) is 6.78. The van der Waals surface area contributed by atoms with Crippen LogP contribution in [0.15, 0.2) is 42.1 Å². The van der Waals surface area contributed by atoms with Crippen LogP contribution in [-0.2, 0) is 9.53 Å². The molecule has 2 aromatic rings. The maximum atomic E-state index is 12.9. The second-order valence-electron chi connectivity index (χ2n) is 6.78. The lowest BCUT2D eigenvalue weighted by molar-refractivity contribution is -0.139. The number of pyridine rings is 1. The van der Waals surface area contributed by atoms with Crippen molar-refractivity contribution in [3.05, 3.63) is 47.7 Å². The van der Waals surface area contributed by atoms with Crippen LogP contribution in [0.3, 0.4) is 0 Å². The van der Waals surface area contributed by atoms with Crippen molar-refractivity contribution in [2.24, 2.45) is 0 Å². The molecule has 0 spiro atoms. The van der Waals surface area contributed by atoms with Crippen molar-refractivity contribution < 1.29 is 9.53 Å². The van der Waals surface area contributed by atoms with Gasteiger partial charge < -0.3 is 10.1 Å². The van der Waals surface area contributed by atoms with Crippen molar-refractivity contribution in [1.82, 2.24) is 19.7 Å². The summed E-state index contributed by atoms with van der Waals surface area (Å²) in [6, 6.07) is 3.40. The van der Waals surface area contributed by atoms with E-state index in [0.29, 0.717) is 18.1 Å². The fourth-order valence-corrected chi connectivity index (χ4v) is 3.33. The number of carbonyl (C=O) groups is 1. The van der Waals surface area contributed by atoms with Gasteiger partial charge in [-0.1, -0.05) is 39.0 Å². The van der Waals surface area contributed by atoms with Gasteiger partial charge in [0.05, 0.1) is 12.2 Å². The molecule has 7 heteroatoms. The van der Waals surface area contributed by atoms with E-state index in [1.807, 2.05) is 19.1 Å². The molecule has 3 rings (SSSR count). The van der Waals surface area contributed by atoms with Crippen molar-refractivity contribution in [3.63, 3.8) is 0 Å². The molecular weight excluding hydrogens is 342 g/mol. The van der Waals surface area contributed by atoms with Gasteiger partial charge in [0.15, 0.2) is 0 Å². The SMILES string of the molecule is CCCCCCCCOC(=O)C1=C(C)Nc2ncnn2[C@H]1c1ccncc1. The van der Waals surface area contributed by atoms with Crippen molar-refractivity contribution in [2.75, 3.05) is 11.9 Å².